The van der Waals surface area contributed by atoms with E-state index in [0.29, 0.717) is 0 Å². The topological polar surface area (TPSA) is 322 Å². The van der Waals surface area contributed by atoms with Crippen molar-refractivity contribution in [3.63, 3.8) is 0 Å². The SMILES string of the molecule is O.O.O.O.O.O.[Ca].[O-][I+2]([O-])O.[O-][I+2]([O-])O. The van der Waals surface area contributed by atoms with Crippen molar-refractivity contribution >= 4 is 37.7 Å². The first-order valence-corrected chi connectivity index (χ1v) is 6.41. The van der Waals surface area contributed by atoms with E-state index in [-0.39, 0.29) is 70.6 Å². The molecule has 0 rings (SSSR count). The molecule has 14 N–H and O–H groups in total. The monoisotopic (exact) mass is 500 g/mol. The standard InChI is InChI=1S/Ca.2HIO3.6H2O/c;2*2-1(3)4;;;;;;/h;2*2H;6*1H2. The normalized spacial score (nSPS) is 4.80. The Morgan fingerprint density at radius 3 is 0.533 bits per heavy atom. The van der Waals surface area contributed by atoms with E-state index in [1.807, 2.05) is 0 Å². The van der Waals surface area contributed by atoms with Crippen LogP contribution in [0.25, 0.3) is 0 Å². The first-order chi connectivity index (χ1) is 3.46. The molecule has 0 fully saturated rings. The minimum absolute atomic E-state index is 0. The Labute approximate surface area is 131 Å². The van der Waals surface area contributed by atoms with E-state index >= 15 is 0 Å². The molecule has 0 atom stereocenters. The van der Waals surface area contributed by atoms with Crippen molar-refractivity contribution in [1.29, 1.82) is 0 Å². The van der Waals surface area contributed by atoms with Crippen LogP contribution in [0.5, 0.6) is 0 Å². The molecule has 0 amide bonds. The van der Waals surface area contributed by atoms with Gasteiger partial charge in [-0.25, -0.2) is 0 Å². The van der Waals surface area contributed by atoms with Crippen molar-refractivity contribution in [3.8, 4) is 0 Å². The molecule has 2 radical (unpaired) electrons. The van der Waals surface area contributed by atoms with Gasteiger partial charge >= 0.3 is 42.1 Å². The maximum absolute atomic E-state index is 8.68. The van der Waals surface area contributed by atoms with Gasteiger partial charge in [0.25, 0.3) is 0 Å². The first kappa shape index (κ1) is 67.0. The van der Waals surface area contributed by atoms with Gasteiger partial charge in [0.2, 0.25) is 0 Å². The Kier molecular flexibility index (Phi) is 248. The van der Waals surface area contributed by atoms with Crippen molar-refractivity contribution in [2.24, 2.45) is 0 Å². The summed E-state index contributed by atoms with van der Waals surface area (Å²) in [6.07, 6.45) is 0. The van der Waals surface area contributed by atoms with Gasteiger partial charge in [-0.3, -0.25) is 0 Å². The van der Waals surface area contributed by atoms with Crippen molar-refractivity contribution in [2.45, 2.75) is 0 Å². The van der Waals surface area contributed by atoms with Crippen LogP contribution in [0.1, 0.15) is 0 Å². The van der Waals surface area contributed by atoms with Gasteiger partial charge in [-0.2, -0.15) is 0 Å². The van der Waals surface area contributed by atoms with Gasteiger partial charge in [0.15, 0.2) is 0 Å². The summed E-state index contributed by atoms with van der Waals surface area (Å²) in [6, 6.07) is 0. The average molecular weight is 500 g/mol. The first-order valence-electron chi connectivity index (χ1n) is 0.955. The molecule has 0 aliphatic rings. The summed E-state index contributed by atoms with van der Waals surface area (Å²) in [5.74, 6) is 0. The quantitative estimate of drug-likeness (QED) is 0.240. The molecule has 15 heavy (non-hydrogen) atoms. The summed E-state index contributed by atoms with van der Waals surface area (Å²) < 4.78 is 48.9. The third kappa shape index (κ3) is 656. The van der Waals surface area contributed by atoms with Crippen LogP contribution in [0.3, 0.4) is 0 Å². The maximum atomic E-state index is 8.68. The Morgan fingerprint density at radius 1 is 0.533 bits per heavy atom. The molecule has 0 aromatic heterocycles. The molecule has 102 valence electrons. The van der Waals surface area contributed by atoms with E-state index in [9.17, 15) is 0 Å². The summed E-state index contributed by atoms with van der Waals surface area (Å²) in [7, 11) is 0. The second-order valence-corrected chi connectivity index (χ2v) is 2.70. The second kappa shape index (κ2) is 55.6. The number of hydrogen-bond donors (Lipinski definition) is 2. The smallest absolute Gasteiger partial charge is 0.412 e. The summed E-state index contributed by atoms with van der Waals surface area (Å²) in [5.41, 5.74) is 0. The van der Waals surface area contributed by atoms with Crippen molar-refractivity contribution in [3.05, 3.63) is 0 Å². The van der Waals surface area contributed by atoms with Crippen molar-refractivity contribution in [1.82, 2.24) is 0 Å². The van der Waals surface area contributed by atoms with Gasteiger partial charge in [-0.1, -0.05) is 0 Å². The Balaban J connectivity index is -0.00000000468. The van der Waals surface area contributed by atoms with E-state index in [1.54, 1.807) is 0 Å². The Bertz CT molecular complexity index is 29.1. The molecule has 0 aromatic carbocycles. The molecule has 0 saturated carbocycles. The zero-order valence-electron chi connectivity index (χ0n) is 6.99. The van der Waals surface area contributed by atoms with E-state index < -0.39 is 42.1 Å². The molecule has 0 aliphatic carbocycles. The van der Waals surface area contributed by atoms with Crippen LogP contribution in [0, 0.1) is 0 Å². The van der Waals surface area contributed by atoms with Crippen LogP contribution in [0.2, 0.25) is 0 Å². The largest absolute Gasteiger partial charge is 0.503 e. The molecule has 15 heteroatoms. The van der Waals surface area contributed by atoms with Crippen LogP contribution in [-0.4, -0.2) is 77.5 Å². The second-order valence-electron chi connectivity index (χ2n) is 0.402. The number of hydrogen-bond acceptors (Lipinski definition) is 6. The van der Waals surface area contributed by atoms with E-state index in [2.05, 4.69) is 0 Å². The predicted molar refractivity (Wildman–Crippen MR) is 31.9 cm³/mol. The minimum Gasteiger partial charge on any atom is -0.412 e. The van der Waals surface area contributed by atoms with Crippen LogP contribution in [0.15, 0.2) is 0 Å². The molecule has 0 aromatic rings. The fourth-order valence-electron chi connectivity index (χ4n) is 0. The fourth-order valence-corrected chi connectivity index (χ4v) is 0. The van der Waals surface area contributed by atoms with E-state index in [0.717, 1.165) is 0 Å². The average Bonchev–Trinajstić information content (AvgIpc) is 1.25. The van der Waals surface area contributed by atoms with Gasteiger partial charge in [-0.15, -0.1) is 0 Å². The van der Waals surface area contributed by atoms with Crippen molar-refractivity contribution in [2.75, 3.05) is 0 Å². The van der Waals surface area contributed by atoms with Crippen LogP contribution in [0.4, 0.5) is 0 Å². The predicted octanol–water partition coefficient (Wildman–Crippen LogP) is -17.2. The van der Waals surface area contributed by atoms with Gasteiger partial charge in [0, 0.05) is 37.7 Å². The molecule has 0 unspecified atom stereocenters. The van der Waals surface area contributed by atoms with E-state index in [1.165, 1.54) is 0 Å². The summed E-state index contributed by atoms with van der Waals surface area (Å²) in [5, 5.41) is 0. The molecule has 0 heterocycles. The Hall–Kier alpha value is 2.24. The van der Waals surface area contributed by atoms with Crippen LogP contribution in [-0.2, 0) is 0 Å². The van der Waals surface area contributed by atoms with Gasteiger partial charge < -0.3 is 46.6 Å². The molecule has 0 bridgehead atoms. The summed E-state index contributed by atoms with van der Waals surface area (Å²) >= 11 is -7.53. The minimum atomic E-state index is -3.76. The number of halogens is 2. The molecular weight excluding hydrogens is 486 g/mol. The summed E-state index contributed by atoms with van der Waals surface area (Å²) in [4.78, 5) is 0. The third-order valence-electron chi connectivity index (χ3n) is 0. The van der Waals surface area contributed by atoms with E-state index in [4.69, 9.17) is 20.6 Å². The molecule has 0 aliphatic heterocycles. The van der Waals surface area contributed by atoms with Crippen LogP contribution >= 0.6 is 0 Å². The third-order valence-corrected chi connectivity index (χ3v) is 0. The number of rotatable bonds is 0. The fraction of sp³-hybridized carbons (Fsp3) is 0. The zero-order chi connectivity index (χ0) is 7.15. The molecule has 0 spiro atoms. The van der Waals surface area contributed by atoms with Gasteiger partial charge in [0.05, 0.1) is 0 Å². The Morgan fingerprint density at radius 2 is 0.533 bits per heavy atom. The maximum Gasteiger partial charge on any atom is 0.503 e. The van der Waals surface area contributed by atoms with Gasteiger partial charge in [-0.05, 0) is 6.87 Å². The molecule has 0 saturated heterocycles. The van der Waals surface area contributed by atoms with Crippen LogP contribution < -0.4 is 55.9 Å². The zero-order valence-corrected chi connectivity index (χ0v) is 13.5. The molecular formula is H14CaI2O12. The van der Waals surface area contributed by atoms with Crippen molar-refractivity contribution < 1.29 is 95.6 Å². The summed E-state index contributed by atoms with van der Waals surface area (Å²) in [6.45, 7) is 0. The van der Waals surface area contributed by atoms with Gasteiger partial charge in [0.1, 0.15) is 0 Å². The molecule has 12 nitrogen and oxygen atoms in total.